The summed E-state index contributed by atoms with van der Waals surface area (Å²) >= 11 is 0. The number of carbonyl (C=O) groups is 1. The van der Waals surface area contributed by atoms with Crippen LogP contribution in [-0.2, 0) is 0 Å². The van der Waals surface area contributed by atoms with Gasteiger partial charge in [-0.3, -0.25) is 4.79 Å². The number of nitrogens with zero attached hydrogens (tertiary/aromatic N) is 2. The standard InChI is InChI=1S/C12H18FN3O.CH4/c1-3-16(4-2)8-7-14-12(17)10-5-6-11(13)15-9-10;/h5-6,9H,3-4,7-8H2,1-2H3,(H,14,17);1H4/i13-1;. The highest BCUT2D eigenvalue weighted by molar-refractivity contribution is 5.93. The SMILES string of the molecule is C.CCN(CC)CCNC(=O)c1ccc([18F])nc1. The second-order valence-electron chi connectivity index (χ2n) is 3.65. The average Bonchev–Trinajstić information content (AvgIpc) is 2.35. The van der Waals surface area contributed by atoms with Crippen LogP contribution in [0.15, 0.2) is 18.3 Å². The molecule has 1 aromatic heterocycles. The molecule has 0 spiro atoms. The molecule has 0 unspecified atom stereocenters. The monoisotopic (exact) mass is 254 g/mol. The van der Waals surface area contributed by atoms with Crippen molar-refractivity contribution in [2.45, 2.75) is 21.3 Å². The molecule has 0 radical (unpaired) electrons. The van der Waals surface area contributed by atoms with E-state index in [1.54, 1.807) is 0 Å². The quantitative estimate of drug-likeness (QED) is 0.789. The molecule has 1 heterocycles. The number of aromatic nitrogens is 1. The van der Waals surface area contributed by atoms with Crippen molar-refractivity contribution in [3.05, 3.63) is 29.8 Å². The zero-order valence-electron chi connectivity index (χ0n) is 10.2. The summed E-state index contributed by atoms with van der Waals surface area (Å²) in [7, 11) is 0. The van der Waals surface area contributed by atoms with E-state index in [0.717, 1.165) is 19.6 Å². The molecule has 1 N–H and O–H groups in total. The Hall–Kier alpha value is -1.49. The van der Waals surface area contributed by atoms with Crippen LogP contribution in [0.1, 0.15) is 31.6 Å². The van der Waals surface area contributed by atoms with Gasteiger partial charge in [0, 0.05) is 19.3 Å². The lowest BCUT2D eigenvalue weighted by Crippen LogP contribution is -2.34. The van der Waals surface area contributed by atoms with Gasteiger partial charge in [-0.15, -0.1) is 0 Å². The van der Waals surface area contributed by atoms with Crippen LogP contribution >= 0.6 is 0 Å². The minimum absolute atomic E-state index is 0. The Morgan fingerprint density at radius 1 is 1.39 bits per heavy atom. The summed E-state index contributed by atoms with van der Waals surface area (Å²) in [6.45, 7) is 7.48. The lowest BCUT2D eigenvalue weighted by atomic mass is 10.2. The first kappa shape index (κ1) is 16.5. The number of halogens is 1. The van der Waals surface area contributed by atoms with Crippen molar-refractivity contribution in [3.8, 4) is 0 Å². The van der Waals surface area contributed by atoms with Crippen LogP contribution in [0.3, 0.4) is 0 Å². The number of amides is 1. The molecule has 0 aliphatic rings. The molecule has 1 amide bonds. The van der Waals surface area contributed by atoms with Crippen LogP contribution < -0.4 is 5.32 Å². The Morgan fingerprint density at radius 3 is 2.56 bits per heavy atom. The van der Waals surface area contributed by atoms with Crippen molar-refractivity contribution in [3.63, 3.8) is 0 Å². The van der Waals surface area contributed by atoms with Gasteiger partial charge in [0.25, 0.3) is 5.91 Å². The molecule has 0 atom stereocenters. The Bertz CT molecular complexity index is 350. The highest BCUT2D eigenvalue weighted by Crippen LogP contribution is 1.98. The van der Waals surface area contributed by atoms with Gasteiger partial charge in [0.1, 0.15) is 0 Å². The third-order valence-electron chi connectivity index (χ3n) is 2.60. The van der Waals surface area contributed by atoms with E-state index in [2.05, 4.69) is 29.0 Å². The second-order valence-corrected chi connectivity index (χ2v) is 3.65. The molecule has 4 nitrogen and oxygen atoms in total. The van der Waals surface area contributed by atoms with Crippen molar-refractivity contribution in [1.29, 1.82) is 0 Å². The van der Waals surface area contributed by atoms with E-state index in [9.17, 15) is 9.18 Å². The Morgan fingerprint density at radius 2 is 2.06 bits per heavy atom. The fourth-order valence-corrected chi connectivity index (χ4v) is 1.48. The Balaban J connectivity index is 0.00000289. The van der Waals surface area contributed by atoms with E-state index in [-0.39, 0.29) is 13.3 Å². The molecule has 102 valence electrons. The second kappa shape index (κ2) is 8.58. The number of hydrogen-bond acceptors (Lipinski definition) is 3. The van der Waals surface area contributed by atoms with Crippen molar-refractivity contribution < 1.29 is 9.18 Å². The first-order chi connectivity index (χ1) is 8.17. The van der Waals surface area contributed by atoms with E-state index < -0.39 is 5.95 Å². The van der Waals surface area contributed by atoms with Crippen LogP contribution in [0.2, 0.25) is 0 Å². The Kier molecular flexibility index (Phi) is 7.87. The van der Waals surface area contributed by atoms with E-state index in [0.29, 0.717) is 12.1 Å². The van der Waals surface area contributed by atoms with Gasteiger partial charge in [0.05, 0.1) is 5.56 Å². The maximum atomic E-state index is 12.6. The molecule has 18 heavy (non-hydrogen) atoms. The number of carbonyl (C=O) groups excluding carboxylic acids is 1. The number of rotatable bonds is 6. The van der Waals surface area contributed by atoms with Gasteiger partial charge in [-0.05, 0) is 25.2 Å². The van der Waals surface area contributed by atoms with E-state index in [4.69, 9.17) is 0 Å². The molecule has 0 aliphatic heterocycles. The predicted molar refractivity (Wildman–Crippen MR) is 71.0 cm³/mol. The fourth-order valence-electron chi connectivity index (χ4n) is 1.48. The van der Waals surface area contributed by atoms with E-state index >= 15 is 0 Å². The molecule has 0 aliphatic carbocycles. The molecular weight excluding hydrogens is 232 g/mol. The summed E-state index contributed by atoms with van der Waals surface area (Å²) in [5, 5.41) is 2.77. The van der Waals surface area contributed by atoms with Crippen molar-refractivity contribution >= 4 is 5.91 Å². The molecule has 1 rings (SSSR count). The summed E-state index contributed by atoms with van der Waals surface area (Å²) in [4.78, 5) is 17.3. The Labute approximate surface area is 108 Å². The average molecular weight is 254 g/mol. The fraction of sp³-hybridized carbons (Fsp3) is 0.538. The summed E-state index contributed by atoms with van der Waals surface area (Å²) in [5.41, 5.74) is 0.381. The van der Waals surface area contributed by atoms with Crippen LogP contribution in [0.25, 0.3) is 0 Å². The molecule has 0 fully saturated rings. The number of likely N-dealkylation sites (N-methyl/N-ethyl adjacent to an activating group) is 1. The molecule has 1 aromatic rings. The minimum atomic E-state index is -0.579. The van der Waals surface area contributed by atoms with Gasteiger partial charge in [0.15, 0.2) is 0 Å². The highest BCUT2D eigenvalue weighted by atomic mass is 18.2. The topological polar surface area (TPSA) is 45.2 Å². The normalized spacial score (nSPS) is 10.0. The largest absolute Gasteiger partial charge is 0.351 e. The molecule has 0 aromatic carbocycles. The van der Waals surface area contributed by atoms with Crippen LogP contribution in [-0.4, -0.2) is 42.0 Å². The summed E-state index contributed by atoms with van der Waals surface area (Å²) in [5.74, 6) is -0.797. The zero-order valence-corrected chi connectivity index (χ0v) is 10.2. The zero-order chi connectivity index (χ0) is 12.7. The van der Waals surface area contributed by atoms with Crippen molar-refractivity contribution in [2.75, 3.05) is 26.2 Å². The number of hydrogen-bond donors (Lipinski definition) is 1. The summed E-state index contributed by atoms with van der Waals surface area (Å²) in [6, 6.07) is 2.61. The number of nitrogens with one attached hydrogen (secondary N) is 1. The maximum Gasteiger partial charge on any atom is 0.252 e. The minimum Gasteiger partial charge on any atom is -0.351 e. The van der Waals surface area contributed by atoms with Gasteiger partial charge < -0.3 is 10.2 Å². The molecule has 5 heteroatoms. The summed E-state index contributed by atoms with van der Waals surface area (Å²) < 4.78 is 12.6. The van der Waals surface area contributed by atoms with Crippen molar-refractivity contribution in [1.82, 2.24) is 15.2 Å². The van der Waals surface area contributed by atoms with Crippen LogP contribution in [0, 0.1) is 5.95 Å². The van der Waals surface area contributed by atoms with E-state index in [1.165, 1.54) is 18.3 Å². The molecule has 0 saturated heterocycles. The van der Waals surface area contributed by atoms with Gasteiger partial charge >= 0.3 is 0 Å². The third-order valence-corrected chi connectivity index (χ3v) is 2.60. The maximum absolute atomic E-state index is 12.6. The first-order valence-electron chi connectivity index (χ1n) is 5.79. The van der Waals surface area contributed by atoms with Gasteiger partial charge in [0.2, 0.25) is 5.95 Å². The van der Waals surface area contributed by atoms with Crippen molar-refractivity contribution in [2.24, 2.45) is 0 Å². The van der Waals surface area contributed by atoms with Gasteiger partial charge in [-0.25, -0.2) is 4.98 Å². The van der Waals surface area contributed by atoms with Crippen LogP contribution in [0.5, 0.6) is 0 Å². The predicted octanol–water partition coefficient (Wildman–Crippen LogP) is 1.93. The lowest BCUT2D eigenvalue weighted by Gasteiger charge is -2.17. The van der Waals surface area contributed by atoms with Gasteiger partial charge in [-0.1, -0.05) is 21.3 Å². The number of pyridine rings is 1. The highest BCUT2D eigenvalue weighted by Gasteiger charge is 2.06. The van der Waals surface area contributed by atoms with Crippen LogP contribution in [0.4, 0.5) is 4.39 Å². The van der Waals surface area contributed by atoms with Gasteiger partial charge in [-0.2, -0.15) is 4.39 Å². The third kappa shape index (κ3) is 5.23. The summed E-state index contributed by atoms with van der Waals surface area (Å²) in [6.07, 6.45) is 1.24. The molecular formula is C13H22FN3O. The van der Waals surface area contributed by atoms with E-state index in [1.807, 2.05) is 0 Å². The smallest absolute Gasteiger partial charge is 0.252 e. The lowest BCUT2D eigenvalue weighted by molar-refractivity contribution is 0.0948. The molecule has 0 saturated carbocycles. The molecule has 0 bridgehead atoms. The first-order valence-corrected chi connectivity index (χ1v) is 5.79.